The lowest BCUT2D eigenvalue weighted by Gasteiger charge is -2.11. The Morgan fingerprint density at radius 3 is 2.41 bits per heavy atom. The summed E-state index contributed by atoms with van der Waals surface area (Å²) in [6.07, 6.45) is 0.0740. The molecule has 0 saturated heterocycles. The number of carbonyl (C=O) groups excluding carboxylic acids is 1. The first-order chi connectivity index (χ1) is 7.82. The first-order valence-corrected chi connectivity index (χ1v) is 6.74. The lowest BCUT2D eigenvalue weighted by atomic mass is 10.1. The van der Waals surface area contributed by atoms with Gasteiger partial charge in [0.2, 0.25) is 10.0 Å². The number of aliphatic carboxylic acids is 1. The highest BCUT2D eigenvalue weighted by Gasteiger charge is 2.19. The fraction of sp³-hybridized carbons (Fsp3) is 0.778. The van der Waals surface area contributed by atoms with Gasteiger partial charge in [0, 0.05) is 6.54 Å². The van der Waals surface area contributed by atoms with E-state index in [1.807, 2.05) is 0 Å². The molecule has 0 aromatic rings. The summed E-state index contributed by atoms with van der Waals surface area (Å²) in [5, 5.41) is 8.72. The maximum Gasteiger partial charge on any atom is 0.307 e. The van der Waals surface area contributed by atoms with Crippen molar-refractivity contribution in [1.82, 2.24) is 4.72 Å². The van der Waals surface area contributed by atoms with Gasteiger partial charge in [-0.3, -0.25) is 9.59 Å². The van der Waals surface area contributed by atoms with Crippen molar-refractivity contribution in [3.63, 3.8) is 0 Å². The van der Waals surface area contributed by atoms with E-state index in [2.05, 4.69) is 9.46 Å². The smallest absolute Gasteiger partial charge is 0.307 e. The Labute approximate surface area is 100 Å². The van der Waals surface area contributed by atoms with Gasteiger partial charge in [-0.15, -0.1) is 0 Å². The molecule has 17 heavy (non-hydrogen) atoms. The number of ether oxygens (including phenoxy) is 1. The minimum atomic E-state index is -3.64. The number of esters is 1. The van der Waals surface area contributed by atoms with Crippen LogP contribution in [0.5, 0.6) is 0 Å². The van der Waals surface area contributed by atoms with Crippen molar-refractivity contribution < 1.29 is 27.9 Å². The highest BCUT2D eigenvalue weighted by molar-refractivity contribution is 7.89. The average Bonchev–Trinajstić information content (AvgIpc) is 2.26. The summed E-state index contributed by atoms with van der Waals surface area (Å²) in [6.45, 7) is 1.48. The topological polar surface area (TPSA) is 110 Å². The second-order valence-corrected chi connectivity index (χ2v) is 5.36. The highest BCUT2D eigenvalue weighted by Crippen LogP contribution is 2.02. The lowest BCUT2D eigenvalue weighted by molar-refractivity contribution is -0.142. The van der Waals surface area contributed by atoms with Crippen molar-refractivity contribution in [2.75, 3.05) is 19.4 Å². The Hall–Kier alpha value is -1.15. The molecule has 0 heterocycles. The number of methoxy groups -OCH3 is 1. The zero-order valence-electron chi connectivity index (χ0n) is 9.80. The van der Waals surface area contributed by atoms with Crippen LogP contribution < -0.4 is 4.72 Å². The van der Waals surface area contributed by atoms with E-state index >= 15 is 0 Å². The maximum atomic E-state index is 11.4. The molecule has 0 saturated carbocycles. The van der Waals surface area contributed by atoms with Gasteiger partial charge in [-0.25, -0.2) is 13.1 Å². The molecule has 100 valence electrons. The second kappa shape index (κ2) is 7.23. The SMILES string of the molecule is CCC(CNS(=O)(=O)CCC(=O)OC)C(=O)O. The number of rotatable bonds is 8. The fourth-order valence-corrected chi connectivity index (χ4v) is 2.06. The third kappa shape index (κ3) is 6.90. The molecule has 0 bridgehead atoms. The number of sulfonamides is 1. The number of carboxylic acid groups (broad SMARTS) is 1. The molecule has 1 unspecified atom stereocenters. The van der Waals surface area contributed by atoms with E-state index in [9.17, 15) is 18.0 Å². The van der Waals surface area contributed by atoms with Crippen LogP contribution in [0.15, 0.2) is 0 Å². The molecular weight excluding hydrogens is 250 g/mol. The molecule has 0 spiro atoms. The van der Waals surface area contributed by atoms with Gasteiger partial charge < -0.3 is 9.84 Å². The maximum absolute atomic E-state index is 11.4. The summed E-state index contributed by atoms with van der Waals surface area (Å²) in [7, 11) is -2.47. The summed E-state index contributed by atoms with van der Waals surface area (Å²) in [5.74, 6) is -2.85. The summed E-state index contributed by atoms with van der Waals surface area (Å²) < 4.78 is 29.2. The predicted molar refractivity (Wildman–Crippen MR) is 59.8 cm³/mol. The van der Waals surface area contributed by atoms with Gasteiger partial charge in [-0.2, -0.15) is 0 Å². The third-order valence-corrected chi connectivity index (χ3v) is 3.54. The fourth-order valence-electron chi connectivity index (χ4n) is 1.03. The van der Waals surface area contributed by atoms with Crippen LogP contribution in [0.4, 0.5) is 0 Å². The minimum Gasteiger partial charge on any atom is -0.481 e. The van der Waals surface area contributed by atoms with Crippen LogP contribution in [-0.2, 0) is 24.3 Å². The zero-order chi connectivity index (χ0) is 13.5. The molecule has 0 aliphatic carbocycles. The van der Waals surface area contributed by atoms with Gasteiger partial charge in [0.25, 0.3) is 0 Å². The summed E-state index contributed by atoms with van der Waals surface area (Å²) in [5.41, 5.74) is 0. The van der Waals surface area contributed by atoms with Crippen LogP contribution in [0.25, 0.3) is 0 Å². The second-order valence-electron chi connectivity index (χ2n) is 3.44. The van der Waals surface area contributed by atoms with Crippen LogP contribution in [0.1, 0.15) is 19.8 Å². The Balaban J connectivity index is 4.18. The Bertz CT molecular complexity index is 364. The highest BCUT2D eigenvalue weighted by atomic mass is 32.2. The molecule has 0 aromatic carbocycles. The number of nitrogens with one attached hydrogen (secondary N) is 1. The molecule has 1 atom stereocenters. The van der Waals surface area contributed by atoms with Crippen molar-refractivity contribution in [3.05, 3.63) is 0 Å². The number of carboxylic acids is 1. The Kier molecular flexibility index (Phi) is 6.74. The van der Waals surface area contributed by atoms with Crippen molar-refractivity contribution in [1.29, 1.82) is 0 Å². The number of carbonyl (C=O) groups is 2. The molecule has 0 amide bonds. The average molecular weight is 267 g/mol. The minimum absolute atomic E-state index is 0.171. The van der Waals surface area contributed by atoms with Gasteiger partial charge in [0.1, 0.15) is 0 Å². The first kappa shape index (κ1) is 15.9. The van der Waals surface area contributed by atoms with E-state index in [-0.39, 0.29) is 13.0 Å². The third-order valence-electron chi connectivity index (χ3n) is 2.19. The molecular formula is C9H17NO6S. The molecule has 0 aliphatic heterocycles. The van der Waals surface area contributed by atoms with Crippen molar-refractivity contribution >= 4 is 22.0 Å². The van der Waals surface area contributed by atoms with Crippen molar-refractivity contribution in [3.8, 4) is 0 Å². The quantitative estimate of drug-likeness (QED) is 0.578. The summed E-state index contributed by atoms with van der Waals surface area (Å²) in [4.78, 5) is 21.4. The monoisotopic (exact) mass is 267 g/mol. The molecule has 0 aromatic heterocycles. The molecule has 8 heteroatoms. The summed E-state index contributed by atoms with van der Waals surface area (Å²) in [6, 6.07) is 0. The number of hydrogen-bond acceptors (Lipinski definition) is 5. The molecule has 0 radical (unpaired) electrons. The lowest BCUT2D eigenvalue weighted by Crippen LogP contribution is -2.34. The van der Waals surface area contributed by atoms with E-state index in [4.69, 9.17) is 5.11 Å². The Morgan fingerprint density at radius 2 is 2.00 bits per heavy atom. The predicted octanol–water partition coefficient (Wildman–Crippen LogP) is -0.420. The number of hydrogen-bond donors (Lipinski definition) is 2. The largest absolute Gasteiger partial charge is 0.481 e. The molecule has 0 aliphatic rings. The van der Waals surface area contributed by atoms with Crippen LogP contribution >= 0.6 is 0 Å². The van der Waals surface area contributed by atoms with Crippen LogP contribution in [0.3, 0.4) is 0 Å². The van der Waals surface area contributed by atoms with Crippen LogP contribution in [0.2, 0.25) is 0 Å². The molecule has 0 fully saturated rings. The van der Waals surface area contributed by atoms with Crippen molar-refractivity contribution in [2.24, 2.45) is 5.92 Å². The van der Waals surface area contributed by atoms with Crippen LogP contribution in [0, 0.1) is 5.92 Å². The van der Waals surface area contributed by atoms with Gasteiger partial charge in [0.05, 0.1) is 25.2 Å². The van der Waals surface area contributed by atoms with E-state index in [0.29, 0.717) is 6.42 Å². The molecule has 7 nitrogen and oxygen atoms in total. The van der Waals surface area contributed by atoms with Crippen LogP contribution in [-0.4, -0.2) is 44.9 Å². The first-order valence-electron chi connectivity index (χ1n) is 5.09. The summed E-state index contributed by atoms with van der Waals surface area (Å²) >= 11 is 0. The van der Waals surface area contributed by atoms with E-state index in [1.54, 1.807) is 6.92 Å². The van der Waals surface area contributed by atoms with Crippen molar-refractivity contribution in [2.45, 2.75) is 19.8 Å². The Morgan fingerprint density at radius 1 is 1.41 bits per heavy atom. The van der Waals surface area contributed by atoms with E-state index in [0.717, 1.165) is 0 Å². The van der Waals surface area contributed by atoms with Gasteiger partial charge in [-0.1, -0.05) is 6.92 Å². The standard InChI is InChI=1S/C9H17NO6S/c1-3-7(9(12)13)6-10-17(14,15)5-4-8(11)16-2/h7,10H,3-6H2,1-2H3,(H,12,13). The molecule has 2 N–H and O–H groups in total. The zero-order valence-corrected chi connectivity index (χ0v) is 10.6. The van der Waals surface area contributed by atoms with Gasteiger partial charge >= 0.3 is 11.9 Å². The van der Waals surface area contributed by atoms with E-state index in [1.165, 1.54) is 7.11 Å². The van der Waals surface area contributed by atoms with E-state index < -0.39 is 33.6 Å². The molecule has 0 rings (SSSR count). The van der Waals surface area contributed by atoms with Gasteiger partial charge in [-0.05, 0) is 6.42 Å². The van der Waals surface area contributed by atoms with Gasteiger partial charge in [0.15, 0.2) is 0 Å². The normalized spacial score (nSPS) is 13.1.